The van der Waals surface area contributed by atoms with Gasteiger partial charge in [0, 0.05) is 6.42 Å². The van der Waals surface area contributed by atoms with Crippen LogP contribution >= 0.6 is 0 Å². The van der Waals surface area contributed by atoms with Crippen LogP contribution < -0.4 is 5.32 Å². The van der Waals surface area contributed by atoms with Crippen LogP contribution in [-0.2, 0) is 9.47 Å². The summed E-state index contributed by atoms with van der Waals surface area (Å²) in [5.41, 5.74) is 0.0340. The van der Waals surface area contributed by atoms with Gasteiger partial charge in [-0.1, -0.05) is 0 Å². The van der Waals surface area contributed by atoms with E-state index in [0.29, 0.717) is 6.61 Å². The van der Waals surface area contributed by atoms with E-state index in [0.717, 1.165) is 32.4 Å². The summed E-state index contributed by atoms with van der Waals surface area (Å²) in [7, 11) is 0. The Morgan fingerprint density at radius 3 is 2.93 bits per heavy atom. The van der Waals surface area contributed by atoms with E-state index < -0.39 is 6.67 Å². The van der Waals surface area contributed by atoms with E-state index >= 15 is 0 Å². The molecule has 2 aliphatic heterocycles. The maximum Gasteiger partial charge on any atom is 0.113 e. The number of alkyl halides is 1. The molecular formula is C10H18FNO2. The van der Waals surface area contributed by atoms with Gasteiger partial charge in [0.25, 0.3) is 0 Å². The second-order valence-corrected chi connectivity index (χ2v) is 4.13. The number of rotatable bonds is 3. The van der Waals surface area contributed by atoms with Crippen molar-refractivity contribution in [2.75, 3.05) is 33.0 Å². The molecule has 1 atom stereocenters. The van der Waals surface area contributed by atoms with Gasteiger partial charge in [-0.25, -0.2) is 4.39 Å². The van der Waals surface area contributed by atoms with Crippen molar-refractivity contribution < 1.29 is 13.9 Å². The van der Waals surface area contributed by atoms with Crippen molar-refractivity contribution in [3.63, 3.8) is 0 Å². The fraction of sp³-hybridized carbons (Fsp3) is 1.00. The number of halogens is 1. The first-order chi connectivity index (χ1) is 6.85. The minimum atomic E-state index is -0.398. The molecule has 0 saturated carbocycles. The summed E-state index contributed by atoms with van der Waals surface area (Å²) in [5, 5.41) is 3.31. The smallest absolute Gasteiger partial charge is 0.113 e. The largest absolute Gasteiger partial charge is 0.373 e. The van der Waals surface area contributed by atoms with Gasteiger partial charge in [0.1, 0.15) is 6.67 Å². The Morgan fingerprint density at radius 1 is 1.43 bits per heavy atom. The Morgan fingerprint density at radius 2 is 2.21 bits per heavy atom. The van der Waals surface area contributed by atoms with Crippen molar-refractivity contribution >= 4 is 0 Å². The van der Waals surface area contributed by atoms with Crippen LogP contribution in [-0.4, -0.2) is 44.7 Å². The van der Waals surface area contributed by atoms with E-state index in [2.05, 4.69) is 5.32 Å². The molecule has 0 radical (unpaired) electrons. The normalized spacial score (nSPS) is 31.1. The quantitative estimate of drug-likeness (QED) is 0.738. The molecular weight excluding hydrogens is 185 g/mol. The minimum Gasteiger partial charge on any atom is -0.373 e. The number of piperidine rings is 1. The molecule has 0 aromatic carbocycles. The molecule has 0 aliphatic carbocycles. The summed E-state index contributed by atoms with van der Waals surface area (Å²) in [5.74, 6) is 0. The van der Waals surface area contributed by atoms with Gasteiger partial charge in [0.15, 0.2) is 0 Å². The van der Waals surface area contributed by atoms with Crippen LogP contribution in [0, 0.1) is 0 Å². The molecule has 0 aromatic heterocycles. The molecule has 1 spiro atoms. The first kappa shape index (κ1) is 10.3. The first-order valence-corrected chi connectivity index (χ1v) is 5.37. The molecule has 2 heterocycles. The summed E-state index contributed by atoms with van der Waals surface area (Å²) in [6, 6.07) is 0. The Labute approximate surface area is 84.0 Å². The molecule has 0 aromatic rings. The molecule has 2 rings (SSSR count). The van der Waals surface area contributed by atoms with Crippen LogP contribution in [0.25, 0.3) is 0 Å². The molecule has 14 heavy (non-hydrogen) atoms. The summed E-state index contributed by atoms with van der Waals surface area (Å²) in [6.45, 7) is 2.50. The van der Waals surface area contributed by atoms with E-state index in [1.165, 1.54) is 0 Å². The van der Waals surface area contributed by atoms with Crippen LogP contribution in [0.3, 0.4) is 0 Å². The second kappa shape index (κ2) is 4.55. The van der Waals surface area contributed by atoms with Gasteiger partial charge in [0.2, 0.25) is 0 Å². The zero-order valence-corrected chi connectivity index (χ0v) is 8.43. The molecule has 2 aliphatic rings. The highest BCUT2D eigenvalue weighted by molar-refractivity contribution is 4.93. The van der Waals surface area contributed by atoms with Crippen molar-refractivity contribution in [2.45, 2.75) is 31.0 Å². The highest BCUT2D eigenvalue weighted by Crippen LogP contribution is 2.34. The highest BCUT2D eigenvalue weighted by atomic mass is 19.1. The first-order valence-electron chi connectivity index (χ1n) is 5.37. The Kier molecular flexibility index (Phi) is 3.36. The number of ether oxygens (including phenoxy) is 2. The summed E-state index contributed by atoms with van der Waals surface area (Å²) in [6.07, 6.45) is 3.17. The summed E-state index contributed by atoms with van der Waals surface area (Å²) < 4.78 is 23.1. The fourth-order valence-corrected chi connectivity index (χ4v) is 2.35. The molecule has 1 unspecified atom stereocenters. The number of hydrogen-bond donors (Lipinski definition) is 1. The van der Waals surface area contributed by atoms with Crippen LogP contribution in [0.5, 0.6) is 0 Å². The monoisotopic (exact) mass is 203 g/mol. The van der Waals surface area contributed by atoms with Gasteiger partial charge >= 0.3 is 0 Å². The fourth-order valence-electron chi connectivity index (χ4n) is 2.35. The topological polar surface area (TPSA) is 30.5 Å². The zero-order chi connectivity index (χ0) is 9.86. The van der Waals surface area contributed by atoms with Crippen molar-refractivity contribution in [3.8, 4) is 0 Å². The van der Waals surface area contributed by atoms with Gasteiger partial charge < -0.3 is 14.8 Å². The van der Waals surface area contributed by atoms with Gasteiger partial charge in [-0.3, -0.25) is 0 Å². The molecule has 1 N–H and O–H groups in total. The van der Waals surface area contributed by atoms with Gasteiger partial charge in [-0.2, -0.15) is 0 Å². The van der Waals surface area contributed by atoms with E-state index in [1.54, 1.807) is 0 Å². The highest BCUT2D eigenvalue weighted by Gasteiger charge is 2.41. The lowest BCUT2D eigenvalue weighted by Gasteiger charge is -2.32. The van der Waals surface area contributed by atoms with Crippen LogP contribution in [0.4, 0.5) is 4.39 Å². The molecule has 2 saturated heterocycles. The molecule has 0 amide bonds. The standard InChI is InChI=1S/C10H18FNO2/c11-3-6-13-9-7-10(14-8-9)1-4-12-5-2-10/h9,12H,1-8H2. The van der Waals surface area contributed by atoms with E-state index in [1.807, 2.05) is 0 Å². The number of hydrogen-bond acceptors (Lipinski definition) is 3. The van der Waals surface area contributed by atoms with Crippen molar-refractivity contribution in [3.05, 3.63) is 0 Å². The lowest BCUT2D eigenvalue weighted by Crippen LogP contribution is -2.41. The molecule has 2 fully saturated rings. The molecule has 0 bridgehead atoms. The zero-order valence-electron chi connectivity index (χ0n) is 8.43. The Balaban J connectivity index is 1.80. The maximum atomic E-state index is 11.9. The maximum absolute atomic E-state index is 11.9. The summed E-state index contributed by atoms with van der Waals surface area (Å²) in [4.78, 5) is 0. The van der Waals surface area contributed by atoms with E-state index in [-0.39, 0.29) is 18.3 Å². The predicted molar refractivity (Wildman–Crippen MR) is 51.1 cm³/mol. The van der Waals surface area contributed by atoms with Crippen molar-refractivity contribution in [2.24, 2.45) is 0 Å². The number of nitrogens with one attached hydrogen (secondary N) is 1. The molecule has 4 heteroatoms. The molecule has 3 nitrogen and oxygen atoms in total. The minimum absolute atomic E-state index is 0.0340. The van der Waals surface area contributed by atoms with Crippen LogP contribution in [0.1, 0.15) is 19.3 Å². The Hall–Kier alpha value is -0.190. The summed E-state index contributed by atoms with van der Waals surface area (Å²) >= 11 is 0. The Bertz CT molecular complexity index is 183. The van der Waals surface area contributed by atoms with Crippen LogP contribution in [0.15, 0.2) is 0 Å². The lowest BCUT2D eigenvalue weighted by molar-refractivity contribution is -0.0236. The van der Waals surface area contributed by atoms with Gasteiger partial charge in [0.05, 0.1) is 24.9 Å². The molecule has 82 valence electrons. The van der Waals surface area contributed by atoms with Gasteiger partial charge in [-0.05, 0) is 25.9 Å². The lowest BCUT2D eigenvalue weighted by atomic mass is 9.89. The third kappa shape index (κ3) is 2.24. The second-order valence-electron chi connectivity index (χ2n) is 4.13. The van der Waals surface area contributed by atoms with Crippen LogP contribution in [0.2, 0.25) is 0 Å². The average Bonchev–Trinajstić information content (AvgIpc) is 2.60. The SMILES string of the molecule is FCCOC1COC2(CCNCC2)C1. The van der Waals surface area contributed by atoms with Crippen molar-refractivity contribution in [1.82, 2.24) is 5.32 Å². The predicted octanol–water partition coefficient (Wildman–Crippen LogP) is 0.884. The third-order valence-electron chi connectivity index (χ3n) is 3.12. The van der Waals surface area contributed by atoms with Crippen molar-refractivity contribution in [1.29, 1.82) is 0 Å². The average molecular weight is 203 g/mol. The van der Waals surface area contributed by atoms with Gasteiger partial charge in [-0.15, -0.1) is 0 Å². The third-order valence-corrected chi connectivity index (χ3v) is 3.12. The van der Waals surface area contributed by atoms with E-state index in [4.69, 9.17) is 9.47 Å². The van der Waals surface area contributed by atoms with E-state index in [9.17, 15) is 4.39 Å².